The van der Waals surface area contributed by atoms with E-state index in [0.29, 0.717) is 22.7 Å². The minimum Gasteiger partial charge on any atom is -0.504 e. The lowest BCUT2D eigenvalue weighted by molar-refractivity contribution is -0.136. The van der Waals surface area contributed by atoms with Crippen LogP contribution in [0.15, 0.2) is 41.5 Å². The molecule has 2 amide bonds. The van der Waals surface area contributed by atoms with Crippen LogP contribution < -0.4 is 25.0 Å². The summed E-state index contributed by atoms with van der Waals surface area (Å²) in [5, 5.41) is 15.7. The molecule has 0 saturated carbocycles. The van der Waals surface area contributed by atoms with Crippen LogP contribution in [0.3, 0.4) is 0 Å². The molecular weight excluding hydrogens is 354 g/mol. The fourth-order valence-electron chi connectivity index (χ4n) is 2.07. The monoisotopic (exact) mass is 373 g/mol. The van der Waals surface area contributed by atoms with Gasteiger partial charge >= 0.3 is 11.8 Å². The molecule has 0 aromatic heterocycles. The molecule has 0 spiro atoms. The highest BCUT2D eigenvalue weighted by Gasteiger charge is 2.15. The van der Waals surface area contributed by atoms with Gasteiger partial charge in [-0.05, 0) is 35.9 Å². The minimum atomic E-state index is -0.963. The summed E-state index contributed by atoms with van der Waals surface area (Å²) in [7, 11) is 4.35. The fourth-order valence-corrected chi connectivity index (χ4v) is 2.07. The topological polar surface area (TPSA) is 118 Å². The van der Waals surface area contributed by atoms with Crippen LogP contribution in [0.5, 0.6) is 23.0 Å². The zero-order chi connectivity index (χ0) is 19.8. The second kappa shape index (κ2) is 9.09. The van der Waals surface area contributed by atoms with E-state index in [9.17, 15) is 14.7 Å². The molecule has 0 heterocycles. The van der Waals surface area contributed by atoms with Crippen LogP contribution in [0.2, 0.25) is 0 Å². The molecule has 27 heavy (non-hydrogen) atoms. The largest absolute Gasteiger partial charge is 0.504 e. The number of carbonyl (C=O) groups is 2. The number of hydrogen-bond acceptors (Lipinski definition) is 7. The van der Waals surface area contributed by atoms with Crippen LogP contribution in [0.4, 0.5) is 5.69 Å². The molecule has 0 saturated heterocycles. The van der Waals surface area contributed by atoms with E-state index >= 15 is 0 Å². The summed E-state index contributed by atoms with van der Waals surface area (Å²) < 4.78 is 15.2. The van der Waals surface area contributed by atoms with Crippen LogP contribution in [-0.2, 0) is 9.59 Å². The maximum Gasteiger partial charge on any atom is 0.329 e. The van der Waals surface area contributed by atoms with Crippen molar-refractivity contribution >= 4 is 23.7 Å². The number of rotatable bonds is 6. The molecule has 2 aromatic carbocycles. The van der Waals surface area contributed by atoms with Gasteiger partial charge in [-0.15, -0.1) is 0 Å². The van der Waals surface area contributed by atoms with E-state index in [1.54, 1.807) is 24.3 Å². The molecule has 142 valence electrons. The number of ether oxygens (including phenoxy) is 3. The van der Waals surface area contributed by atoms with E-state index in [2.05, 4.69) is 15.8 Å². The molecule has 0 atom stereocenters. The first kappa shape index (κ1) is 19.6. The number of hydrazone groups is 1. The van der Waals surface area contributed by atoms with Crippen LogP contribution in [0.1, 0.15) is 5.56 Å². The van der Waals surface area contributed by atoms with Crippen molar-refractivity contribution in [1.82, 2.24) is 5.43 Å². The molecule has 0 aliphatic heterocycles. The number of methoxy groups -OCH3 is 3. The number of anilines is 1. The Hall–Kier alpha value is -3.75. The van der Waals surface area contributed by atoms with E-state index in [4.69, 9.17) is 14.2 Å². The van der Waals surface area contributed by atoms with Gasteiger partial charge in [0, 0.05) is 6.07 Å². The summed E-state index contributed by atoms with van der Waals surface area (Å²) in [5.74, 6) is -0.756. The lowest BCUT2D eigenvalue weighted by atomic mass is 10.2. The highest BCUT2D eigenvalue weighted by Crippen LogP contribution is 2.29. The lowest BCUT2D eigenvalue weighted by Gasteiger charge is -2.10. The van der Waals surface area contributed by atoms with Gasteiger partial charge in [0.1, 0.15) is 11.5 Å². The third kappa shape index (κ3) is 5.11. The number of hydrogen-bond donors (Lipinski definition) is 3. The lowest BCUT2D eigenvalue weighted by Crippen LogP contribution is -2.32. The van der Waals surface area contributed by atoms with Gasteiger partial charge in [-0.25, -0.2) is 5.43 Å². The average molecular weight is 373 g/mol. The van der Waals surface area contributed by atoms with Crippen molar-refractivity contribution in [3.05, 3.63) is 42.0 Å². The third-order valence-corrected chi connectivity index (χ3v) is 3.45. The standard InChI is InChI=1S/C18H19N3O6/c1-25-12-5-6-13(15(9-12)26-2)20-17(23)18(24)21-19-10-11-4-7-14(22)16(8-11)27-3/h4-10,22H,1-3H3,(H,20,23)(H,21,24)/b19-10-. The smallest absolute Gasteiger partial charge is 0.329 e. The Bertz CT molecular complexity index is 866. The number of benzene rings is 2. The fraction of sp³-hybridized carbons (Fsp3) is 0.167. The number of nitrogens with one attached hydrogen (secondary N) is 2. The molecule has 3 N–H and O–H groups in total. The van der Waals surface area contributed by atoms with Crippen LogP contribution >= 0.6 is 0 Å². The van der Waals surface area contributed by atoms with Gasteiger partial charge in [-0.3, -0.25) is 9.59 Å². The summed E-state index contributed by atoms with van der Waals surface area (Å²) in [6, 6.07) is 9.25. The molecule has 0 fully saturated rings. The SMILES string of the molecule is COc1ccc(NC(=O)C(=O)N/N=C\c2ccc(O)c(OC)c2)c(OC)c1. The predicted molar refractivity (Wildman–Crippen MR) is 98.6 cm³/mol. The van der Waals surface area contributed by atoms with Gasteiger partial charge in [-0.1, -0.05) is 0 Å². The summed E-state index contributed by atoms with van der Waals surface area (Å²) in [5.41, 5.74) is 2.98. The second-order valence-electron chi connectivity index (χ2n) is 5.15. The van der Waals surface area contributed by atoms with Gasteiger partial charge in [0.2, 0.25) is 0 Å². The van der Waals surface area contributed by atoms with Crippen molar-refractivity contribution in [3.63, 3.8) is 0 Å². The number of nitrogens with zero attached hydrogens (tertiary/aromatic N) is 1. The summed E-state index contributed by atoms with van der Waals surface area (Å²) in [6.45, 7) is 0. The van der Waals surface area contributed by atoms with Crippen LogP contribution in [0, 0.1) is 0 Å². The van der Waals surface area contributed by atoms with Crippen molar-refractivity contribution in [2.45, 2.75) is 0 Å². The van der Waals surface area contributed by atoms with Crippen molar-refractivity contribution in [2.75, 3.05) is 26.6 Å². The van der Waals surface area contributed by atoms with E-state index in [1.165, 1.54) is 39.7 Å². The molecule has 0 radical (unpaired) electrons. The summed E-state index contributed by atoms with van der Waals surface area (Å²) >= 11 is 0. The highest BCUT2D eigenvalue weighted by molar-refractivity contribution is 6.39. The van der Waals surface area contributed by atoms with Gasteiger partial charge < -0.3 is 24.6 Å². The van der Waals surface area contributed by atoms with Crippen molar-refractivity contribution in [3.8, 4) is 23.0 Å². The Balaban J connectivity index is 1.99. The minimum absolute atomic E-state index is 0.0218. The van der Waals surface area contributed by atoms with Gasteiger partial charge in [0.25, 0.3) is 0 Å². The number of carbonyl (C=O) groups excluding carboxylic acids is 2. The molecule has 9 heteroatoms. The third-order valence-electron chi connectivity index (χ3n) is 3.45. The molecule has 0 aliphatic rings. The Kier molecular flexibility index (Phi) is 6.59. The molecule has 0 aliphatic carbocycles. The Labute approximate surface area is 155 Å². The van der Waals surface area contributed by atoms with E-state index in [1.807, 2.05) is 0 Å². The van der Waals surface area contributed by atoms with Crippen LogP contribution in [0.25, 0.3) is 0 Å². The average Bonchev–Trinajstić information content (AvgIpc) is 2.69. The first-order chi connectivity index (χ1) is 13.0. The Morgan fingerprint density at radius 3 is 2.37 bits per heavy atom. The maximum atomic E-state index is 12.0. The van der Waals surface area contributed by atoms with E-state index in [0.717, 1.165) is 0 Å². The normalized spacial score (nSPS) is 10.3. The number of aromatic hydroxyl groups is 1. The van der Waals surface area contributed by atoms with E-state index < -0.39 is 11.8 Å². The first-order valence-electron chi connectivity index (χ1n) is 7.72. The quantitative estimate of drug-likeness (QED) is 0.401. The molecular formula is C18H19N3O6. The maximum absolute atomic E-state index is 12.0. The number of amides is 2. The molecule has 2 rings (SSSR count). The Morgan fingerprint density at radius 2 is 1.70 bits per heavy atom. The molecule has 0 unspecified atom stereocenters. The zero-order valence-electron chi connectivity index (χ0n) is 15.0. The van der Waals surface area contributed by atoms with Crippen LogP contribution in [-0.4, -0.2) is 44.5 Å². The summed E-state index contributed by atoms with van der Waals surface area (Å²) in [4.78, 5) is 23.9. The van der Waals surface area contributed by atoms with E-state index in [-0.39, 0.29) is 11.5 Å². The highest BCUT2D eigenvalue weighted by atomic mass is 16.5. The number of phenolic OH excluding ortho intramolecular Hbond substituents is 1. The molecule has 2 aromatic rings. The number of phenols is 1. The van der Waals surface area contributed by atoms with Gasteiger partial charge in [-0.2, -0.15) is 5.10 Å². The zero-order valence-corrected chi connectivity index (χ0v) is 15.0. The van der Waals surface area contributed by atoms with Gasteiger partial charge in [0.05, 0.1) is 33.2 Å². The van der Waals surface area contributed by atoms with Crippen molar-refractivity contribution in [2.24, 2.45) is 5.10 Å². The molecule has 9 nitrogen and oxygen atoms in total. The predicted octanol–water partition coefficient (Wildman–Crippen LogP) is 1.51. The first-order valence-corrected chi connectivity index (χ1v) is 7.72. The summed E-state index contributed by atoms with van der Waals surface area (Å²) in [6.07, 6.45) is 1.31. The molecule has 0 bridgehead atoms. The Morgan fingerprint density at radius 1 is 0.963 bits per heavy atom. The van der Waals surface area contributed by atoms with Gasteiger partial charge in [0.15, 0.2) is 11.5 Å². The van der Waals surface area contributed by atoms with Crippen molar-refractivity contribution in [1.29, 1.82) is 0 Å². The second-order valence-corrected chi connectivity index (χ2v) is 5.15. The van der Waals surface area contributed by atoms with Crippen molar-refractivity contribution < 1.29 is 28.9 Å².